The van der Waals surface area contributed by atoms with E-state index in [2.05, 4.69) is 33.2 Å². The average molecular weight is 301 g/mol. The van der Waals surface area contributed by atoms with Gasteiger partial charge in [-0.05, 0) is 32.3 Å². The smallest absolute Gasteiger partial charge is 0.317 e. The van der Waals surface area contributed by atoms with Gasteiger partial charge in [-0.2, -0.15) is 0 Å². The van der Waals surface area contributed by atoms with Crippen LogP contribution in [0, 0.1) is 0 Å². The molecule has 0 unspecified atom stereocenters. The molecule has 1 saturated heterocycles. The summed E-state index contributed by atoms with van der Waals surface area (Å²) in [5, 5.41) is 3.17. The fourth-order valence-electron chi connectivity index (χ4n) is 3.08. The van der Waals surface area contributed by atoms with E-state index in [0.717, 1.165) is 51.4 Å². The van der Waals surface area contributed by atoms with Crippen LogP contribution in [0.25, 0.3) is 0 Å². The third-order valence-corrected chi connectivity index (χ3v) is 4.20. The Kier molecular flexibility index (Phi) is 4.56. The largest absolute Gasteiger partial charge is 0.339 e. The molecule has 0 spiro atoms. The first kappa shape index (κ1) is 14.8. The topological polar surface area (TPSA) is 61.4 Å². The molecule has 0 aliphatic carbocycles. The van der Waals surface area contributed by atoms with Gasteiger partial charge in [-0.1, -0.05) is 11.6 Å². The summed E-state index contributed by atoms with van der Waals surface area (Å²) in [4.78, 5) is 25.0. The molecule has 1 aromatic heterocycles. The molecule has 3 rings (SSSR count). The lowest BCUT2D eigenvalue weighted by atomic mass is 10.1. The van der Waals surface area contributed by atoms with Crippen molar-refractivity contribution < 1.29 is 4.79 Å². The highest BCUT2D eigenvalue weighted by molar-refractivity contribution is 5.75. The molecule has 0 aromatic carbocycles. The zero-order valence-corrected chi connectivity index (χ0v) is 13.0. The molecule has 0 radical (unpaired) electrons. The number of hydrogen-bond donors (Lipinski definition) is 1. The minimum Gasteiger partial charge on any atom is -0.339 e. The van der Waals surface area contributed by atoms with E-state index in [0.29, 0.717) is 0 Å². The number of amides is 2. The van der Waals surface area contributed by atoms with Crippen LogP contribution in [0.2, 0.25) is 0 Å². The zero-order chi connectivity index (χ0) is 15.4. The maximum atomic E-state index is 12.4. The van der Waals surface area contributed by atoms with Crippen LogP contribution in [0.5, 0.6) is 0 Å². The molecule has 1 atom stereocenters. The van der Waals surface area contributed by atoms with Crippen LogP contribution in [-0.4, -0.2) is 53.1 Å². The average Bonchev–Trinajstić information content (AvgIpc) is 2.56. The Morgan fingerprint density at radius 3 is 2.91 bits per heavy atom. The van der Waals surface area contributed by atoms with E-state index in [-0.39, 0.29) is 12.1 Å². The van der Waals surface area contributed by atoms with E-state index in [9.17, 15) is 4.79 Å². The summed E-state index contributed by atoms with van der Waals surface area (Å²) in [5.74, 6) is 0.748. The van der Waals surface area contributed by atoms with E-state index in [1.807, 2.05) is 11.0 Å². The second-order valence-corrected chi connectivity index (χ2v) is 6.04. The van der Waals surface area contributed by atoms with Gasteiger partial charge in [0.05, 0.1) is 0 Å². The fourth-order valence-corrected chi connectivity index (χ4v) is 3.08. The van der Waals surface area contributed by atoms with Gasteiger partial charge < -0.3 is 15.1 Å². The number of aromatic nitrogens is 2. The van der Waals surface area contributed by atoms with Crippen LogP contribution >= 0.6 is 0 Å². The second-order valence-electron chi connectivity index (χ2n) is 6.04. The summed E-state index contributed by atoms with van der Waals surface area (Å²) in [6.07, 6.45) is 8.73. The minimum atomic E-state index is 0.0493. The molecule has 2 amide bonds. The Morgan fingerprint density at radius 2 is 2.14 bits per heavy atom. The fraction of sp³-hybridized carbons (Fsp3) is 0.562. The third-order valence-electron chi connectivity index (χ3n) is 4.20. The summed E-state index contributed by atoms with van der Waals surface area (Å²) >= 11 is 0. The Bertz CT molecular complexity index is 545. The Balaban J connectivity index is 1.56. The van der Waals surface area contributed by atoms with Crippen molar-refractivity contribution in [3.05, 3.63) is 30.1 Å². The van der Waals surface area contributed by atoms with Gasteiger partial charge >= 0.3 is 6.03 Å². The first-order valence-electron chi connectivity index (χ1n) is 7.95. The van der Waals surface area contributed by atoms with Crippen molar-refractivity contribution in [3.63, 3.8) is 0 Å². The normalized spacial score (nSPS) is 22.2. The van der Waals surface area contributed by atoms with E-state index in [1.165, 1.54) is 5.57 Å². The Morgan fingerprint density at radius 1 is 1.32 bits per heavy atom. The molecule has 1 fully saturated rings. The summed E-state index contributed by atoms with van der Waals surface area (Å²) in [7, 11) is 0. The molecule has 6 heteroatoms. The predicted octanol–water partition coefficient (Wildman–Crippen LogP) is 1.81. The van der Waals surface area contributed by atoms with Gasteiger partial charge in [-0.3, -0.25) is 0 Å². The lowest BCUT2D eigenvalue weighted by molar-refractivity contribution is 0.195. The van der Waals surface area contributed by atoms with Crippen LogP contribution in [0.1, 0.15) is 26.2 Å². The highest BCUT2D eigenvalue weighted by atomic mass is 16.2. The summed E-state index contributed by atoms with van der Waals surface area (Å²) in [6.45, 7) is 5.35. The highest BCUT2D eigenvalue weighted by Gasteiger charge is 2.25. The molecule has 0 bridgehead atoms. The van der Waals surface area contributed by atoms with Crippen LogP contribution in [0.15, 0.2) is 30.1 Å². The Labute approximate surface area is 131 Å². The van der Waals surface area contributed by atoms with Crippen molar-refractivity contribution in [1.29, 1.82) is 0 Å². The number of hydrogen-bond acceptors (Lipinski definition) is 4. The van der Waals surface area contributed by atoms with Gasteiger partial charge in [-0.15, -0.1) is 0 Å². The third kappa shape index (κ3) is 3.55. The molecule has 6 nitrogen and oxygen atoms in total. The van der Waals surface area contributed by atoms with Crippen LogP contribution in [-0.2, 0) is 0 Å². The molecule has 3 heterocycles. The first-order chi connectivity index (χ1) is 10.7. The van der Waals surface area contributed by atoms with Crippen molar-refractivity contribution in [2.24, 2.45) is 0 Å². The van der Waals surface area contributed by atoms with Gasteiger partial charge in [0.2, 0.25) is 5.95 Å². The number of rotatable bonds is 2. The van der Waals surface area contributed by atoms with E-state index in [1.54, 1.807) is 12.4 Å². The number of urea groups is 1. The molecule has 118 valence electrons. The number of carbonyl (C=O) groups excluding carboxylic acids is 1. The van der Waals surface area contributed by atoms with Gasteiger partial charge in [0.1, 0.15) is 0 Å². The van der Waals surface area contributed by atoms with Crippen molar-refractivity contribution in [2.45, 2.75) is 32.2 Å². The summed E-state index contributed by atoms with van der Waals surface area (Å²) in [6, 6.07) is 2.03. The van der Waals surface area contributed by atoms with E-state index < -0.39 is 0 Å². The Hall–Kier alpha value is -2.11. The van der Waals surface area contributed by atoms with Crippen molar-refractivity contribution in [3.8, 4) is 0 Å². The number of nitrogens with zero attached hydrogens (tertiary/aromatic N) is 4. The number of piperidine rings is 1. The molecule has 22 heavy (non-hydrogen) atoms. The van der Waals surface area contributed by atoms with Gasteiger partial charge in [0.15, 0.2) is 0 Å². The minimum absolute atomic E-state index is 0.0493. The predicted molar refractivity (Wildman–Crippen MR) is 85.7 cm³/mol. The molecule has 1 N–H and O–H groups in total. The maximum Gasteiger partial charge on any atom is 0.317 e. The lowest BCUT2D eigenvalue weighted by Crippen LogP contribution is -2.52. The molecular formula is C16H23N5O. The number of carbonyl (C=O) groups is 1. The highest BCUT2D eigenvalue weighted by Crippen LogP contribution is 2.16. The quantitative estimate of drug-likeness (QED) is 0.846. The maximum absolute atomic E-state index is 12.4. The molecule has 2 aliphatic rings. The van der Waals surface area contributed by atoms with Crippen molar-refractivity contribution >= 4 is 12.0 Å². The van der Waals surface area contributed by atoms with Crippen molar-refractivity contribution in [1.82, 2.24) is 20.2 Å². The summed E-state index contributed by atoms with van der Waals surface area (Å²) < 4.78 is 0. The SMILES string of the molecule is CC1=CCCN(C(=O)N[C@H]2CCCN(c3ncccn3)C2)C1. The van der Waals surface area contributed by atoms with Crippen LogP contribution in [0.4, 0.5) is 10.7 Å². The van der Waals surface area contributed by atoms with Gasteiger partial charge in [0, 0.05) is 44.6 Å². The van der Waals surface area contributed by atoms with Gasteiger partial charge in [-0.25, -0.2) is 14.8 Å². The summed E-state index contributed by atoms with van der Waals surface area (Å²) in [5.41, 5.74) is 1.27. The van der Waals surface area contributed by atoms with E-state index >= 15 is 0 Å². The standard InChI is InChI=1S/C16H23N5O/c1-13-5-2-10-21(11-13)16(22)19-14-6-3-9-20(12-14)15-17-7-4-8-18-15/h4-5,7-8,14H,2-3,6,9-12H2,1H3,(H,19,22)/t14-/m0/s1. The van der Waals surface area contributed by atoms with Crippen LogP contribution < -0.4 is 10.2 Å². The van der Waals surface area contributed by atoms with Crippen LogP contribution in [0.3, 0.4) is 0 Å². The number of anilines is 1. The first-order valence-corrected chi connectivity index (χ1v) is 7.95. The second kappa shape index (κ2) is 6.77. The number of nitrogens with one attached hydrogen (secondary N) is 1. The lowest BCUT2D eigenvalue weighted by Gasteiger charge is -2.35. The molecule has 2 aliphatic heterocycles. The monoisotopic (exact) mass is 301 g/mol. The molecule has 0 saturated carbocycles. The zero-order valence-electron chi connectivity index (χ0n) is 13.0. The van der Waals surface area contributed by atoms with Gasteiger partial charge in [0.25, 0.3) is 0 Å². The molecular weight excluding hydrogens is 278 g/mol. The van der Waals surface area contributed by atoms with Crippen molar-refractivity contribution in [2.75, 3.05) is 31.1 Å². The molecule has 1 aromatic rings. The van der Waals surface area contributed by atoms with E-state index in [4.69, 9.17) is 0 Å².